The molecule has 1 nitrogen and oxygen atoms in total. The second-order valence-electron chi connectivity index (χ2n) is 9.33. The van der Waals surface area contributed by atoms with Crippen LogP contribution in [-0.4, -0.2) is 6.71 Å². The molecule has 34 heavy (non-hydrogen) atoms. The minimum atomic E-state index is 0.232. The van der Waals surface area contributed by atoms with E-state index in [0.29, 0.717) is 0 Å². The molecular weight excluding hydrogens is 429 g/mol. The van der Waals surface area contributed by atoms with E-state index in [1.165, 1.54) is 70.3 Å². The number of fused-ring (bicyclic) bond motifs is 6. The van der Waals surface area contributed by atoms with Gasteiger partial charge in [-0.05, 0) is 63.8 Å². The van der Waals surface area contributed by atoms with Gasteiger partial charge in [-0.3, -0.25) is 0 Å². The molecule has 3 heterocycles. The van der Waals surface area contributed by atoms with Gasteiger partial charge in [0.05, 0.1) is 0 Å². The van der Waals surface area contributed by atoms with Gasteiger partial charge in [0, 0.05) is 32.2 Å². The van der Waals surface area contributed by atoms with Crippen LogP contribution in [0.4, 0.5) is 17.1 Å². The largest absolute Gasteiger partial charge is 0.312 e. The zero-order valence-corrected chi connectivity index (χ0v) is 19.6. The summed E-state index contributed by atoms with van der Waals surface area (Å²) in [6.45, 7) is 2.53. The number of hydrogen-bond donors (Lipinski definition) is 0. The van der Waals surface area contributed by atoms with Crippen molar-refractivity contribution in [3.8, 4) is 11.1 Å². The second-order valence-corrected chi connectivity index (χ2v) is 10.6. The number of thiophene rings is 1. The summed E-state index contributed by atoms with van der Waals surface area (Å²) in [6, 6.07) is 38.0. The molecule has 5 aromatic carbocycles. The molecule has 158 valence electrons. The van der Waals surface area contributed by atoms with Gasteiger partial charge in [0.15, 0.2) is 0 Å². The Kier molecular flexibility index (Phi) is 3.62. The first-order chi connectivity index (χ1) is 16.8. The summed E-state index contributed by atoms with van der Waals surface area (Å²) in [7, 11) is 0. The van der Waals surface area contributed by atoms with Crippen molar-refractivity contribution < 1.29 is 0 Å². The van der Waals surface area contributed by atoms with Crippen LogP contribution >= 0.6 is 11.3 Å². The number of para-hydroxylation sites is 2. The summed E-state index contributed by atoms with van der Waals surface area (Å²) in [5.74, 6) is 0. The molecule has 0 bridgehead atoms. The predicted molar refractivity (Wildman–Crippen MR) is 149 cm³/mol. The Balaban J connectivity index is 1.57. The van der Waals surface area contributed by atoms with Crippen LogP contribution in [-0.2, 0) is 0 Å². The van der Waals surface area contributed by atoms with Crippen LogP contribution in [0, 0.1) is 6.92 Å². The molecule has 8 rings (SSSR count). The summed E-state index contributed by atoms with van der Waals surface area (Å²) in [4.78, 5) is 3.86. The number of benzene rings is 5. The zero-order valence-electron chi connectivity index (χ0n) is 18.7. The van der Waals surface area contributed by atoms with Crippen molar-refractivity contribution in [1.82, 2.24) is 0 Å². The van der Waals surface area contributed by atoms with Crippen molar-refractivity contribution >= 4 is 72.4 Å². The van der Waals surface area contributed by atoms with Gasteiger partial charge >= 0.3 is 0 Å². The number of rotatable bonds is 1. The topological polar surface area (TPSA) is 3.24 Å². The van der Waals surface area contributed by atoms with Crippen LogP contribution in [0.1, 0.15) is 4.88 Å². The SMILES string of the molecule is Cc1sc2c3c(cc4ccccc42)B2c4ccccc4N(c4ccccc4)c4cccc(c42)-c13. The van der Waals surface area contributed by atoms with E-state index in [9.17, 15) is 0 Å². The van der Waals surface area contributed by atoms with Gasteiger partial charge in [0.2, 0.25) is 6.71 Å². The van der Waals surface area contributed by atoms with E-state index in [1.54, 1.807) is 0 Å². The third-order valence-electron chi connectivity index (χ3n) is 7.59. The van der Waals surface area contributed by atoms with Crippen LogP contribution in [0.5, 0.6) is 0 Å². The van der Waals surface area contributed by atoms with Gasteiger partial charge < -0.3 is 4.90 Å². The van der Waals surface area contributed by atoms with Gasteiger partial charge in [-0.15, -0.1) is 11.3 Å². The number of anilines is 3. The quantitative estimate of drug-likeness (QED) is 0.254. The van der Waals surface area contributed by atoms with Gasteiger partial charge in [-0.2, -0.15) is 0 Å². The molecule has 2 aliphatic heterocycles. The fourth-order valence-corrected chi connectivity index (χ4v) is 7.54. The lowest BCUT2D eigenvalue weighted by atomic mass is 9.32. The average Bonchev–Trinajstić information content (AvgIpc) is 3.24. The van der Waals surface area contributed by atoms with Crippen LogP contribution in [0.3, 0.4) is 0 Å². The molecule has 0 saturated carbocycles. The number of hydrogen-bond acceptors (Lipinski definition) is 2. The Bertz CT molecular complexity index is 1780. The molecule has 3 heteroatoms. The molecule has 0 spiro atoms. The Morgan fingerprint density at radius 1 is 0.706 bits per heavy atom. The Labute approximate surface area is 203 Å². The molecule has 0 N–H and O–H groups in total. The first kappa shape index (κ1) is 18.6. The first-order valence-corrected chi connectivity index (χ1v) is 12.6. The highest BCUT2D eigenvalue weighted by Gasteiger charge is 2.41. The van der Waals surface area contributed by atoms with Crippen LogP contribution < -0.4 is 21.3 Å². The lowest BCUT2D eigenvalue weighted by molar-refractivity contribution is 1.29. The fourth-order valence-electron chi connectivity index (χ4n) is 6.30. The highest BCUT2D eigenvalue weighted by molar-refractivity contribution is 7.21. The first-order valence-electron chi connectivity index (χ1n) is 11.8. The minimum Gasteiger partial charge on any atom is -0.312 e. The number of nitrogens with zero attached hydrogens (tertiary/aromatic N) is 1. The van der Waals surface area contributed by atoms with Crippen LogP contribution in [0.2, 0.25) is 0 Å². The summed E-state index contributed by atoms with van der Waals surface area (Å²) in [6.07, 6.45) is 0. The van der Waals surface area contributed by atoms with Gasteiger partial charge in [-0.1, -0.05) is 84.3 Å². The highest BCUT2D eigenvalue weighted by atomic mass is 32.1. The third-order valence-corrected chi connectivity index (χ3v) is 8.72. The molecule has 2 aliphatic rings. The molecule has 1 aromatic heterocycles. The summed E-state index contributed by atoms with van der Waals surface area (Å²) in [5.41, 5.74) is 10.9. The van der Waals surface area contributed by atoms with E-state index < -0.39 is 0 Å². The van der Waals surface area contributed by atoms with E-state index in [1.807, 2.05) is 11.3 Å². The van der Waals surface area contributed by atoms with E-state index in [-0.39, 0.29) is 6.71 Å². The van der Waals surface area contributed by atoms with Gasteiger partial charge in [-0.25, -0.2) is 0 Å². The number of aryl methyl sites for hydroxylation is 1. The molecule has 0 saturated heterocycles. The monoisotopic (exact) mass is 449 g/mol. The van der Waals surface area contributed by atoms with Crippen molar-refractivity contribution in [2.45, 2.75) is 6.92 Å². The van der Waals surface area contributed by atoms with Crippen molar-refractivity contribution in [2.24, 2.45) is 0 Å². The van der Waals surface area contributed by atoms with Crippen LogP contribution in [0.15, 0.2) is 103 Å². The maximum Gasteiger partial charge on any atom is 0.248 e. The third kappa shape index (κ3) is 2.25. The average molecular weight is 449 g/mol. The van der Waals surface area contributed by atoms with Gasteiger partial charge in [0.1, 0.15) is 0 Å². The molecule has 0 fully saturated rings. The second kappa shape index (κ2) is 6.62. The molecule has 0 amide bonds. The van der Waals surface area contributed by atoms with Crippen molar-refractivity contribution in [1.29, 1.82) is 0 Å². The maximum atomic E-state index is 2.46. The minimum absolute atomic E-state index is 0.232. The molecule has 0 unspecified atom stereocenters. The van der Waals surface area contributed by atoms with E-state index in [0.717, 1.165) is 0 Å². The summed E-state index contributed by atoms with van der Waals surface area (Å²) >= 11 is 1.95. The zero-order chi connectivity index (χ0) is 22.4. The molecule has 0 aliphatic carbocycles. The Morgan fingerprint density at radius 2 is 1.47 bits per heavy atom. The van der Waals surface area contributed by atoms with Gasteiger partial charge in [0.25, 0.3) is 0 Å². The normalized spacial score (nSPS) is 13.3. The molecule has 0 radical (unpaired) electrons. The molecule has 0 atom stereocenters. The fraction of sp³-hybridized carbons (Fsp3) is 0.0323. The summed E-state index contributed by atoms with van der Waals surface area (Å²) < 4.78 is 1.43. The maximum absolute atomic E-state index is 2.46. The predicted octanol–water partition coefficient (Wildman–Crippen LogP) is 6.64. The van der Waals surface area contributed by atoms with E-state index in [4.69, 9.17) is 0 Å². The van der Waals surface area contributed by atoms with E-state index >= 15 is 0 Å². The van der Waals surface area contributed by atoms with Crippen LogP contribution in [0.25, 0.3) is 32.0 Å². The van der Waals surface area contributed by atoms with Crippen molar-refractivity contribution in [2.75, 3.05) is 4.90 Å². The molecular formula is C31H20BNS. The lowest BCUT2D eigenvalue weighted by Crippen LogP contribution is -2.59. The highest BCUT2D eigenvalue weighted by Crippen LogP contribution is 2.46. The molecule has 6 aromatic rings. The lowest BCUT2D eigenvalue weighted by Gasteiger charge is -2.40. The Morgan fingerprint density at radius 3 is 2.38 bits per heavy atom. The smallest absolute Gasteiger partial charge is 0.248 e. The Hall–Kier alpha value is -3.82. The van der Waals surface area contributed by atoms with Crippen molar-refractivity contribution in [3.05, 3.63) is 108 Å². The standard InChI is InChI=1S/C31H20BNS/c1-19-28-23-14-9-17-27-30(23)32(25-18-20-10-5-6-13-22(20)31(34-19)29(25)28)24-15-7-8-16-26(24)33(27)21-11-3-2-4-12-21/h2-18H,1H3. The summed E-state index contributed by atoms with van der Waals surface area (Å²) in [5, 5.41) is 4.16. The van der Waals surface area contributed by atoms with Crippen molar-refractivity contribution in [3.63, 3.8) is 0 Å². The van der Waals surface area contributed by atoms with E-state index in [2.05, 4.69) is 115 Å².